The number of likely N-dealkylation sites (tertiary alicyclic amines) is 1. The van der Waals surface area contributed by atoms with Crippen molar-refractivity contribution in [2.75, 3.05) is 13.1 Å². The quantitative estimate of drug-likeness (QED) is 0.742. The van der Waals surface area contributed by atoms with E-state index in [2.05, 4.69) is 12.2 Å². The van der Waals surface area contributed by atoms with Gasteiger partial charge in [0.1, 0.15) is 12.6 Å². The van der Waals surface area contributed by atoms with E-state index in [1.54, 1.807) is 0 Å². The van der Waals surface area contributed by atoms with Crippen molar-refractivity contribution in [2.24, 2.45) is 11.7 Å². The molecule has 0 saturated carbocycles. The van der Waals surface area contributed by atoms with Gasteiger partial charge < -0.3 is 20.7 Å². The standard InChI is InChI=1S/C18H25N3O4/c1-2-6-14-9-16(22)21(11-14)15(17(19)23)10-20-18(24)25-12-13-7-4-3-5-8-13/h3-5,7-8,14-15H,2,6,9-12H2,1H3,(H2,19,23)(H,20,24). The lowest BCUT2D eigenvalue weighted by atomic mass is 10.0. The van der Waals surface area contributed by atoms with Crippen LogP contribution in [0.15, 0.2) is 30.3 Å². The number of rotatable bonds is 8. The van der Waals surface area contributed by atoms with Gasteiger partial charge in [0, 0.05) is 13.0 Å². The molecule has 3 amide bonds. The number of hydrogen-bond acceptors (Lipinski definition) is 4. The topological polar surface area (TPSA) is 102 Å². The number of nitrogens with zero attached hydrogens (tertiary/aromatic N) is 1. The number of amides is 3. The molecule has 0 aromatic heterocycles. The van der Waals surface area contributed by atoms with Gasteiger partial charge in [-0.1, -0.05) is 43.7 Å². The van der Waals surface area contributed by atoms with Crippen molar-refractivity contribution in [3.63, 3.8) is 0 Å². The molecular weight excluding hydrogens is 322 g/mol. The van der Waals surface area contributed by atoms with E-state index in [9.17, 15) is 14.4 Å². The predicted octanol–water partition coefficient (Wildman–Crippen LogP) is 1.42. The molecule has 7 nitrogen and oxygen atoms in total. The highest BCUT2D eigenvalue weighted by Crippen LogP contribution is 2.23. The number of primary amides is 1. The first-order valence-corrected chi connectivity index (χ1v) is 8.54. The maximum absolute atomic E-state index is 12.1. The number of nitrogens with two attached hydrogens (primary N) is 1. The van der Waals surface area contributed by atoms with E-state index in [0.717, 1.165) is 18.4 Å². The van der Waals surface area contributed by atoms with Gasteiger partial charge >= 0.3 is 6.09 Å². The van der Waals surface area contributed by atoms with Crippen LogP contribution in [0, 0.1) is 5.92 Å². The Morgan fingerprint density at radius 2 is 2.08 bits per heavy atom. The van der Waals surface area contributed by atoms with E-state index in [-0.39, 0.29) is 25.0 Å². The van der Waals surface area contributed by atoms with E-state index < -0.39 is 18.0 Å². The van der Waals surface area contributed by atoms with Gasteiger partial charge in [0.05, 0.1) is 6.54 Å². The van der Waals surface area contributed by atoms with E-state index >= 15 is 0 Å². The van der Waals surface area contributed by atoms with Crippen LogP contribution in [0.2, 0.25) is 0 Å². The Kier molecular flexibility index (Phi) is 6.80. The van der Waals surface area contributed by atoms with Crippen LogP contribution in [0.3, 0.4) is 0 Å². The molecule has 2 atom stereocenters. The monoisotopic (exact) mass is 347 g/mol. The number of hydrogen-bond donors (Lipinski definition) is 2. The van der Waals surface area contributed by atoms with Crippen LogP contribution < -0.4 is 11.1 Å². The molecule has 0 radical (unpaired) electrons. The molecule has 1 heterocycles. The van der Waals surface area contributed by atoms with Crippen molar-refractivity contribution in [1.29, 1.82) is 0 Å². The highest BCUT2D eigenvalue weighted by atomic mass is 16.5. The van der Waals surface area contributed by atoms with Crippen LogP contribution in [0.1, 0.15) is 31.7 Å². The van der Waals surface area contributed by atoms with Crippen LogP contribution in [-0.4, -0.2) is 41.9 Å². The van der Waals surface area contributed by atoms with Gasteiger partial charge in [-0.05, 0) is 17.9 Å². The maximum atomic E-state index is 12.1. The molecule has 7 heteroatoms. The van der Waals surface area contributed by atoms with Crippen LogP contribution in [-0.2, 0) is 20.9 Å². The summed E-state index contributed by atoms with van der Waals surface area (Å²) >= 11 is 0. The van der Waals surface area contributed by atoms with E-state index in [4.69, 9.17) is 10.5 Å². The third kappa shape index (κ3) is 5.48. The number of ether oxygens (including phenoxy) is 1. The van der Waals surface area contributed by atoms with Crippen molar-refractivity contribution < 1.29 is 19.1 Å². The minimum Gasteiger partial charge on any atom is -0.445 e. The molecule has 1 aromatic carbocycles. The fraction of sp³-hybridized carbons (Fsp3) is 0.500. The first kappa shape index (κ1) is 18.8. The second-order valence-corrected chi connectivity index (χ2v) is 6.27. The largest absolute Gasteiger partial charge is 0.445 e. The summed E-state index contributed by atoms with van der Waals surface area (Å²) in [5.74, 6) is -0.486. The fourth-order valence-corrected chi connectivity index (χ4v) is 3.03. The van der Waals surface area contributed by atoms with Crippen molar-refractivity contribution >= 4 is 17.9 Å². The molecule has 0 aliphatic carbocycles. The summed E-state index contributed by atoms with van der Waals surface area (Å²) in [5, 5.41) is 2.52. The van der Waals surface area contributed by atoms with Crippen molar-refractivity contribution in [3.8, 4) is 0 Å². The molecule has 1 fully saturated rings. The molecule has 2 rings (SSSR count). The van der Waals surface area contributed by atoms with Crippen LogP contribution in [0.25, 0.3) is 0 Å². The second-order valence-electron chi connectivity index (χ2n) is 6.27. The molecule has 1 aliphatic heterocycles. The summed E-state index contributed by atoms with van der Waals surface area (Å²) < 4.78 is 5.10. The Bertz CT molecular complexity index is 606. The molecule has 136 valence electrons. The smallest absolute Gasteiger partial charge is 0.407 e. The Morgan fingerprint density at radius 3 is 2.72 bits per heavy atom. The summed E-state index contributed by atoms with van der Waals surface area (Å²) in [5.41, 5.74) is 6.29. The van der Waals surface area contributed by atoms with Crippen LogP contribution in [0.5, 0.6) is 0 Å². The maximum Gasteiger partial charge on any atom is 0.407 e. The zero-order valence-electron chi connectivity index (χ0n) is 14.4. The average Bonchev–Trinajstić information content (AvgIpc) is 2.94. The van der Waals surface area contributed by atoms with Gasteiger partial charge in [-0.15, -0.1) is 0 Å². The van der Waals surface area contributed by atoms with E-state index in [1.807, 2.05) is 30.3 Å². The highest BCUT2D eigenvalue weighted by Gasteiger charge is 2.36. The summed E-state index contributed by atoms with van der Waals surface area (Å²) in [4.78, 5) is 37.1. The number of carbonyl (C=O) groups is 3. The van der Waals surface area contributed by atoms with Gasteiger partial charge in [-0.2, -0.15) is 0 Å². The molecule has 2 unspecified atom stereocenters. The van der Waals surface area contributed by atoms with Gasteiger partial charge in [-0.25, -0.2) is 4.79 Å². The van der Waals surface area contributed by atoms with Gasteiger partial charge in [-0.3, -0.25) is 9.59 Å². The van der Waals surface area contributed by atoms with Gasteiger partial charge in [0.25, 0.3) is 0 Å². The van der Waals surface area contributed by atoms with E-state index in [0.29, 0.717) is 13.0 Å². The number of alkyl carbamates (subject to hydrolysis) is 1. The predicted molar refractivity (Wildman–Crippen MR) is 92.3 cm³/mol. The van der Waals surface area contributed by atoms with Crippen LogP contribution >= 0.6 is 0 Å². The Morgan fingerprint density at radius 1 is 1.36 bits per heavy atom. The fourth-order valence-electron chi connectivity index (χ4n) is 3.03. The molecule has 1 aromatic rings. The first-order valence-electron chi connectivity index (χ1n) is 8.54. The van der Waals surface area contributed by atoms with Crippen molar-refractivity contribution in [2.45, 2.75) is 38.8 Å². The molecular formula is C18H25N3O4. The Labute approximate surface area is 147 Å². The SMILES string of the molecule is CCCC1CC(=O)N(C(CNC(=O)OCc2ccccc2)C(N)=O)C1. The minimum atomic E-state index is -0.848. The molecule has 0 bridgehead atoms. The summed E-state index contributed by atoms with van der Waals surface area (Å²) in [7, 11) is 0. The molecule has 25 heavy (non-hydrogen) atoms. The van der Waals surface area contributed by atoms with Crippen LogP contribution in [0.4, 0.5) is 4.79 Å². The summed E-state index contributed by atoms with van der Waals surface area (Å²) in [6, 6.07) is 8.42. The highest BCUT2D eigenvalue weighted by molar-refractivity contribution is 5.88. The number of nitrogens with one attached hydrogen (secondary N) is 1. The third-order valence-electron chi connectivity index (χ3n) is 4.29. The lowest BCUT2D eigenvalue weighted by molar-refractivity contribution is -0.135. The molecule has 3 N–H and O–H groups in total. The third-order valence-corrected chi connectivity index (χ3v) is 4.29. The lowest BCUT2D eigenvalue weighted by Gasteiger charge is -2.25. The van der Waals surface area contributed by atoms with Gasteiger partial charge in [0.2, 0.25) is 11.8 Å². The lowest BCUT2D eigenvalue weighted by Crippen LogP contribution is -2.52. The Hall–Kier alpha value is -2.57. The molecule has 0 spiro atoms. The summed E-state index contributed by atoms with van der Waals surface area (Å²) in [6.45, 7) is 2.65. The van der Waals surface area contributed by atoms with Gasteiger partial charge in [0.15, 0.2) is 0 Å². The zero-order valence-corrected chi connectivity index (χ0v) is 14.4. The number of carbonyl (C=O) groups excluding carboxylic acids is 3. The normalized spacial score (nSPS) is 18.0. The minimum absolute atomic E-state index is 0.0481. The molecule has 1 saturated heterocycles. The molecule has 1 aliphatic rings. The second kappa shape index (κ2) is 9.05. The zero-order chi connectivity index (χ0) is 18.2. The Balaban J connectivity index is 1.84. The van der Waals surface area contributed by atoms with Crippen molar-refractivity contribution in [3.05, 3.63) is 35.9 Å². The summed E-state index contributed by atoms with van der Waals surface area (Å²) in [6.07, 6.45) is 1.69. The average molecular weight is 347 g/mol. The first-order chi connectivity index (χ1) is 12.0. The van der Waals surface area contributed by atoms with E-state index in [1.165, 1.54) is 4.90 Å². The van der Waals surface area contributed by atoms with Crippen molar-refractivity contribution in [1.82, 2.24) is 10.2 Å². The number of benzene rings is 1.